The van der Waals surface area contributed by atoms with Gasteiger partial charge in [0.15, 0.2) is 0 Å². The Kier molecular flexibility index (Phi) is 4.93. The molecule has 0 fully saturated rings. The van der Waals surface area contributed by atoms with Crippen molar-refractivity contribution in [1.29, 1.82) is 0 Å². The van der Waals surface area contributed by atoms with Gasteiger partial charge in [0, 0.05) is 5.33 Å². The molecule has 2 aromatic carbocycles. The van der Waals surface area contributed by atoms with Gasteiger partial charge in [-0.1, -0.05) is 22.0 Å². The van der Waals surface area contributed by atoms with E-state index in [9.17, 15) is 17.6 Å². The van der Waals surface area contributed by atoms with E-state index in [1.807, 2.05) is 0 Å². The Morgan fingerprint density at radius 3 is 2.33 bits per heavy atom. The van der Waals surface area contributed by atoms with E-state index in [1.54, 1.807) is 0 Å². The van der Waals surface area contributed by atoms with E-state index in [-0.39, 0.29) is 16.0 Å². The van der Waals surface area contributed by atoms with Gasteiger partial charge in [0.1, 0.15) is 17.3 Å². The fraction of sp³-hybridized carbons (Fsp3) is 0.143. The number of alkyl halides is 4. The van der Waals surface area contributed by atoms with Gasteiger partial charge in [0.2, 0.25) is 0 Å². The number of hydrogen-bond acceptors (Lipinski definition) is 1. The molecule has 21 heavy (non-hydrogen) atoms. The Bertz CT molecular complexity index is 656. The average Bonchev–Trinajstić information content (AvgIpc) is 2.42. The van der Waals surface area contributed by atoms with Crippen molar-refractivity contribution in [3.8, 4) is 11.5 Å². The third kappa shape index (κ3) is 3.97. The van der Waals surface area contributed by atoms with Crippen molar-refractivity contribution in [1.82, 2.24) is 0 Å². The van der Waals surface area contributed by atoms with Crippen LogP contribution < -0.4 is 4.74 Å². The van der Waals surface area contributed by atoms with Crippen molar-refractivity contribution in [2.75, 3.05) is 0 Å². The monoisotopic (exact) mass is 426 g/mol. The first kappa shape index (κ1) is 16.3. The molecule has 0 bridgehead atoms. The van der Waals surface area contributed by atoms with Gasteiger partial charge < -0.3 is 4.74 Å². The van der Waals surface area contributed by atoms with E-state index in [2.05, 4.69) is 31.9 Å². The molecule has 0 aliphatic carbocycles. The molecule has 0 aliphatic rings. The third-order valence-electron chi connectivity index (χ3n) is 2.62. The minimum absolute atomic E-state index is 0.111. The smallest absolute Gasteiger partial charge is 0.419 e. The van der Waals surface area contributed by atoms with Crippen molar-refractivity contribution in [3.63, 3.8) is 0 Å². The summed E-state index contributed by atoms with van der Waals surface area (Å²) in [5, 5.41) is 0.304. The summed E-state index contributed by atoms with van der Waals surface area (Å²) in [5.41, 5.74) is -0.394. The number of halogens is 6. The molecule has 7 heteroatoms. The Balaban J connectivity index is 2.41. The van der Waals surface area contributed by atoms with Crippen molar-refractivity contribution in [3.05, 3.63) is 57.8 Å². The van der Waals surface area contributed by atoms with Gasteiger partial charge >= 0.3 is 6.18 Å². The Morgan fingerprint density at radius 2 is 1.76 bits per heavy atom. The molecule has 0 spiro atoms. The predicted octanol–water partition coefficient (Wildman–Crippen LogP) is 6.29. The Morgan fingerprint density at radius 1 is 1.05 bits per heavy atom. The molecule has 0 N–H and O–H groups in total. The molecule has 0 saturated heterocycles. The van der Waals surface area contributed by atoms with E-state index in [0.29, 0.717) is 10.9 Å². The number of ether oxygens (including phenoxy) is 1. The summed E-state index contributed by atoms with van der Waals surface area (Å²) in [5.74, 6) is -0.737. The molecule has 0 aromatic heterocycles. The second-order valence-corrected chi connectivity index (χ2v) is 5.55. The molecule has 0 atom stereocenters. The van der Waals surface area contributed by atoms with E-state index in [4.69, 9.17) is 4.74 Å². The van der Waals surface area contributed by atoms with Crippen LogP contribution in [0.5, 0.6) is 11.5 Å². The van der Waals surface area contributed by atoms with Gasteiger partial charge in [-0.25, -0.2) is 4.39 Å². The highest BCUT2D eigenvalue weighted by molar-refractivity contribution is 9.10. The van der Waals surface area contributed by atoms with E-state index in [0.717, 1.165) is 12.1 Å². The number of hydrogen-bond donors (Lipinski definition) is 0. The Labute approximate surface area is 135 Å². The largest absolute Gasteiger partial charge is 0.457 e. The molecule has 1 nitrogen and oxygen atoms in total. The lowest BCUT2D eigenvalue weighted by Gasteiger charge is -2.15. The quantitative estimate of drug-likeness (QED) is 0.413. The van der Waals surface area contributed by atoms with Gasteiger partial charge in [0.05, 0.1) is 10.0 Å². The third-order valence-corrected chi connectivity index (χ3v) is 3.88. The van der Waals surface area contributed by atoms with Crippen LogP contribution in [0.2, 0.25) is 0 Å². The van der Waals surface area contributed by atoms with Crippen LogP contribution in [0, 0.1) is 5.82 Å². The summed E-state index contributed by atoms with van der Waals surface area (Å²) < 4.78 is 57.6. The molecular weight excluding hydrogens is 420 g/mol. The summed E-state index contributed by atoms with van der Waals surface area (Å²) in [6.45, 7) is 0. The maximum absolute atomic E-state index is 13.1. The summed E-state index contributed by atoms with van der Waals surface area (Å²) in [6, 6.07) is 7.43. The molecule has 0 saturated carbocycles. The topological polar surface area (TPSA) is 9.23 Å². The zero-order valence-electron chi connectivity index (χ0n) is 10.3. The first-order chi connectivity index (χ1) is 9.81. The van der Waals surface area contributed by atoms with E-state index < -0.39 is 17.6 Å². The molecule has 0 aliphatic heterocycles. The summed E-state index contributed by atoms with van der Waals surface area (Å²) in [4.78, 5) is 0. The molecule has 0 heterocycles. The van der Waals surface area contributed by atoms with Crippen LogP contribution in [0.4, 0.5) is 17.6 Å². The lowest BCUT2D eigenvalue weighted by atomic mass is 10.1. The summed E-state index contributed by atoms with van der Waals surface area (Å²) in [7, 11) is 0. The first-order valence-corrected chi connectivity index (χ1v) is 7.61. The zero-order chi connectivity index (χ0) is 15.6. The SMILES string of the molecule is Fc1ccc(Oc2ccc(CBr)cc2C(F)(F)F)cc1Br. The minimum Gasteiger partial charge on any atom is -0.457 e. The second-order valence-electron chi connectivity index (χ2n) is 4.14. The average molecular weight is 428 g/mol. The van der Waals surface area contributed by atoms with Crippen LogP contribution in [0.25, 0.3) is 0 Å². The second kappa shape index (κ2) is 6.36. The van der Waals surface area contributed by atoms with Gasteiger partial charge in [0.25, 0.3) is 0 Å². The molecule has 0 unspecified atom stereocenters. The lowest BCUT2D eigenvalue weighted by molar-refractivity contribution is -0.138. The van der Waals surface area contributed by atoms with Gasteiger partial charge in [-0.3, -0.25) is 0 Å². The van der Waals surface area contributed by atoms with Crippen molar-refractivity contribution >= 4 is 31.9 Å². The Hall–Kier alpha value is -1.08. The van der Waals surface area contributed by atoms with Gasteiger partial charge in [-0.05, 0) is 51.8 Å². The van der Waals surface area contributed by atoms with Crippen LogP contribution in [-0.2, 0) is 11.5 Å². The van der Waals surface area contributed by atoms with E-state index >= 15 is 0 Å². The van der Waals surface area contributed by atoms with Crippen LogP contribution in [0.1, 0.15) is 11.1 Å². The summed E-state index contributed by atoms with van der Waals surface area (Å²) >= 11 is 6.07. The van der Waals surface area contributed by atoms with Crippen molar-refractivity contribution in [2.45, 2.75) is 11.5 Å². The standard InChI is InChI=1S/C14H8Br2F4O/c15-7-8-1-4-13(10(5-8)14(18,19)20)21-9-2-3-12(17)11(16)6-9/h1-6H,7H2. The lowest BCUT2D eigenvalue weighted by Crippen LogP contribution is -2.07. The molecule has 2 aromatic rings. The number of benzene rings is 2. The number of rotatable bonds is 3. The van der Waals surface area contributed by atoms with Crippen LogP contribution in [0.3, 0.4) is 0 Å². The highest BCUT2D eigenvalue weighted by Crippen LogP contribution is 2.39. The van der Waals surface area contributed by atoms with Crippen LogP contribution in [0.15, 0.2) is 40.9 Å². The normalized spacial score (nSPS) is 11.5. The van der Waals surface area contributed by atoms with Crippen molar-refractivity contribution in [2.24, 2.45) is 0 Å². The van der Waals surface area contributed by atoms with Crippen LogP contribution >= 0.6 is 31.9 Å². The van der Waals surface area contributed by atoms with Crippen molar-refractivity contribution < 1.29 is 22.3 Å². The fourth-order valence-corrected chi connectivity index (χ4v) is 2.34. The van der Waals surface area contributed by atoms with Gasteiger partial charge in [-0.15, -0.1) is 0 Å². The predicted molar refractivity (Wildman–Crippen MR) is 78.2 cm³/mol. The highest BCUT2D eigenvalue weighted by atomic mass is 79.9. The molecule has 112 valence electrons. The summed E-state index contributed by atoms with van der Waals surface area (Å²) in [6.07, 6.45) is -4.54. The molecule has 2 rings (SSSR count). The maximum Gasteiger partial charge on any atom is 0.419 e. The molecular formula is C14H8Br2F4O. The fourth-order valence-electron chi connectivity index (χ4n) is 1.64. The molecule has 0 amide bonds. The minimum atomic E-state index is -4.54. The first-order valence-electron chi connectivity index (χ1n) is 5.70. The van der Waals surface area contributed by atoms with Gasteiger partial charge in [-0.2, -0.15) is 13.2 Å². The van der Waals surface area contributed by atoms with E-state index in [1.165, 1.54) is 24.3 Å². The highest BCUT2D eigenvalue weighted by Gasteiger charge is 2.34. The molecule has 0 radical (unpaired) electrons. The zero-order valence-corrected chi connectivity index (χ0v) is 13.5. The van der Waals surface area contributed by atoms with Crippen LogP contribution in [-0.4, -0.2) is 0 Å². The maximum atomic E-state index is 13.1.